The van der Waals surface area contributed by atoms with Gasteiger partial charge in [-0.3, -0.25) is 4.79 Å². The third-order valence-electron chi connectivity index (χ3n) is 1.53. The van der Waals surface area contributed by atoms with Gasteiger partial charge in [0, 0.05) is 6.92 Å². The highest BCUT2D eigenvalue weighted by Gasteiger charge is 2.01. The van der Waals surface area contributed by atoms with Crippen molar-refractivity contribution in [1.82, 2.24) is 0 Å². The van der Waals surface area contributed by atoms with Crippen LogP contribution in [-0.4, -0.2) is 53.5 Å². The van der Waals surface area contributed by atoms with E-state index in [1.54, 1.807) is 0 Å². The van der Waals surface area contributed by atoms with Gasteiger partial charge in [0.1, 0.15) is 0 Å². The molecule has 0 aliphatic heterocycles. The van der Waals surface area contributed by atoms with E-state index in [2.05, 4.69) is 0 Å². The number of ether oxygens (including phenoxy) is 2. The van der Waals surface area contributed by atoms with E-state index in [9.17, 15) is 0 Å². The number of carboxylic acid groups (broad SMARTS) is 1. The summed E-state index contributed by atoms with van der Waals surface area (Å²) in [5.74, 6) is -0.833. The molecule has 2 atom stereocenters. The van der Waals surface area contributed by atoms with Crippen LogP contribution >= 0.6 is 0 Å². The Bertz CT molecular complexity index is 145. The molecule has 0 saturated heterocycles. The molecule has 0 bridgehead atoms. The van der Waals surface area contributed by atoms with Crippen LogP contribution in [-0.2, 0) is 14.3 Å². The largest absolute Gasteiger partial charge is 0.481 e. The first kappa shape index (κ1) is 17.7. The van der Waals surface area contributed by atoms with Gasteiger partial charge in [-0.1, -0.05) is 6.92 Å². The van der Waals surface area contributed by atoms with Crippen LogP contribution in [0.4, 0.5) is 0 Å². The molecular formula is C10H22O6. The van der Waals surface area contributed by atoms with Crippen molar-refractivity contribution in [3.63, 3.8) is 0 Å². The molecule has 0 rings (SSSR count). The molecule has 98 valence electrons. The van der Waals surface area contributed by atoms with E-state index >= 15 is 0 Å². The molecule has 6 nitrogen and oxygen atoms in total. The van der Waals surface area contributed by atoms with Crippen molar-refractivity contribution in [2.75, 3.05) is 19.8 Å². The molecule has 0 amide bonds. The summed E-state index contributed by atoms with van der Waals surface area (Å²) in [6, 6.07) is 0. The molecule has 2 unspecified atom stereocenters. The highest BCUT2D eigenvalue weighted by atomic mass is 16.6. The van der Waals surface area contributed by atoms with Crippen LogP contribution in [0.1, 0.15) is 27.2 Å². The maximum Gasteiger partial charge on any atom is 0.300 e. The first-order valence-corrected chi connectivity index (χ1v) is 5.15. The molecular weight excluding hydrogens is 216 g/mol. The first-order valence-electron chi connectivity index (χ1n) is 5.15. The van der Waals surface area contributed by atoms with Gasteiger partial charge in [-0.15, -0.1) is 0 Å². The molecule has 0 spiro atoms. The Labute approximate surface area is 95.8 Å². The summed E-state index contributed by atoms with van der Waals surface area (Å²) >= 11 is 0. The van der Waals surface area contributed by atoms with Crippen LogP contribution in [0.3, 0.4) is 0 Å². The van der Waals surface area contributed by atoms with E-state index in [4.69, 9.17) is 29.6 Å². The normalized spacial score (nSPS) is 13.6. The minimum Gasteiger partial charge on any atom is -0.481 e. The predicted octanol–water partition coefficient (Wildman–Crippen LogP) is 0.220. The molecule has 16 heavy (non-hydrogen) atoms. The van der Waals surface area contributed by atoms with E-state index < -0.39 is 12.3 Å². The number of hydrogen-bond donors (Lipinski definition) is 3. The van der Waals surface area contributed by atoms with Gasteiger partial charge in [0.25, 0.3) is 5.97 Å². The Morgan fingerprint density at radius 2 is 1.75 bits per heavy atom. The molecule has 0 radical (unpaired) electrons. The summed E-state index contributed by atoms with van der Waals surface area (Å²) < 4.78 is 10.0. The fourth-order valence-electron chi connectivity index (χ4n) is 0.604. The van der Waals surface area contributed by atoms with Gasteiger partial charge in [-0.05, 0) is 13.3 Å². The summed E-state index contributed by atoms with van der Waals surface area (Å²) in [7, 11) is 0. The first-order chi connectivity index (χ1) is 7.43. The Balaban J connectivity index is 0. The van der Waals surface area contributed by atoms with E-state index in [-0.39, 0.29) is 12.7 Å². The number of carbonyl (C=O) groups is 1. The zero-order chi connectivity index (χ0) is 13.0. The van der Waals surface area contributed by atoms with Gasteiger partial charge in [-0.2, -0.15) is 0 Å². The van der Waals surface area contributed by atoms with Crippen molar-refractivity contribution in [1.29, 1.82) is 0 Å². The van der Waals surface area contributed by atoms with Crippen LogP contribution in [0.5, 0.6) is 0 Å². The van der Waals surface area contributed by atoms with Crippen molar-refractivity contribution < 1.29 is 29.6 Å². The number of carboxylic acids is 1. The lowest BCUT2D eigenvalue weighted by Gasteiger charge is -2.12. The topological polar surface area (TPSA) is 96.2 Å². The van der Waals surface area contributed by atoms with E-state index in [1.165, 1.54) is 0 Å². The van der Waals surface area contributed by atoms with Gasteiger partial charge in [0.15, 0.2) is 6.29 Å². The van der Waals surface area contributed by atoms with E-state index in [0.29, 0.717) is 13.2 Å². The lowest BCUT2D eigenvalue weighted by Crippen LogP contribution is -2.20. The molecule has 0 aliphatic rings. The molecule has 0 saturated carbocycles. The second kappa shape index (κ2) is 12.4. The smallest absolute Gasteiger partial charge is 0.300 e. The SMILES string of the molecule is CC(=O)O.CCC(C)OCCOC(O)CO. The van der Waals surface area contributed by atoms with Gasteiger partial charge in [0.05, 0.1) is 25.9 Å². The van der Waals surface area contributed by atoms with Crippen LogP contribution in [0.25, 0.3) is 0 Å². The number of aliphatic hydroxyl groups is 2. The summed E-state index contributed by atoms with van der Waals surface area (Å²) in [6.07, 6.45) is 0.105. The molecule has 0 heterocycles. The lowest BCUT2D eigenvalue weighted by atomic mass is 10.3. The third kappa shape index (κ3) is 19.0. The molecule has 0 aliphatic carbocycles. The number of aliphatic carboxylic acids is 1. The molecule has 6 heteroatoms. The van der Waals surface area contributed by atoms with Gasteiger partial charge in [0.2, 0.25) is 0 Å². The maximum atomic E-state index is 9.00. The monoisotopic (exact) mass is 238 g/mol. The number of aliphatic hydroxyl groups excluding tert-OH is 2. The minimum absolute atomic E-state index is 0.222. The molecule has 0 fully saturated rings. The summed E-state index contributed by atoms with van der Waals surface area (Å²) in [5, 5.41) is 24.5. The van der Waals surface area contributed by atoms with Gasteiger partial charge < -0.3 is 24.8 Å². The van der Waals surface area contributed by atoms with E-state index in [1.807, 2.05) is 13.8 Å². The third-order valence-corrected chi connectivity index (χ3v) is 1.53. The number of rotatable bonds is 7. The molecule has 0 aromatic carbocycles. The van der Waals surface area contributed by atoms with Crippen molar-refractivity contribution >= 4 is 5.97 Å². The number of hydrogen-bond acceptors (Lipinski definition) is 5. The van der Waals surface area contributed by atoms with Crippen LogP contribution in [0.15, 0.2) is 0 Å². The molecule has 3 N–H and O–H groups in total. The minimum atomic E-state index is -1.08. The van der Waals surface area contributed by atoms with Crippen LogP contribution in [0.2, 0.25) is 0 Å². The predicted molar refractivity (Wildman–Crippen MR) is 58.1 cm³/mol. The quantitative estimate of drug-likeness (QED) is 0.433. The van der Waals surface area contributed by atoms with Crippen LogP contribution in [0, 0.1) is 0 Å². The Morgan fingerprint density at radius 3 is 2.12 bits per heavy atom. The Hall–Kier alpha value is -0.690. The second-order valence-electron chi connectivity index (χ2n) is 3.12. The highest BCUT2D eigenvalue weighted by molar-refractivity contribution is 5.62. The maximum absolute atomic E-state index is 9.00. The second-order valence-corrected chi connectivity index (χ2v) is 3.12. The highest BCUT2D eigenvalue weighted by Crippen LogP contribution is 1.95. The van der Waals surface area contributed by atoms with Crippen LogP contribution < -0.4 is 0 Å². The zero-order valence-electron chi connectivity index (χ0n) is 10.0. The van der Waals surface area contributed by atoms with Gasteiger partial charge in [-0.25, -0.2) is 0 Å². The average molecular weight is 238 g/mol. The Morgan fingerprint density at radius 1 is 1.31 bits per heavy atom. The van der Waals surface area contributed by atoms with E-state index in [0.717, 1.165) is 13.3 Å². The fraction of sp³-hybridized carbons (Fsp3) is 0.900. The lowest BCUT2D eigenvalue weighted by molar-refractivity contribution is -0.137. The Kier molecular flexibility index (Phi) is 13.7. The summed E-state index contributed by atoms with van der Waals surface area (Å²) in [6.45, 7) is 5.48. The van der Waals surface area contributed by atoms with Crippen molar-refractivity contribution in [3.05, 3.63) is 0 Å². The fourth-order valence-corrected chi connectivity index (χ4v) is 0.604. The summed E-state index contributed by atoms with van der Waals surface area (Å²) in [5.41, 5.74) is 0. The van der Waals surface area contributed by atoms with Gasteiger partial charge >= 0.3 is 0 Å². The van der Waals surface area contributed by atoms with Crippen molar-refractivity contribution in [3.8, 4) is 0 Å². The van der Waals surface area contributed by atoms with Crippen molar-refractivity contribution in [2.24, 2.45) is 0 Å². The standard InChI is InChI=1S/C8H18O4.C2H4O2/c1-3-7(2)11-4-5-12-8(10)6-9;1-2(3)4/h7-10H,3-6H2,1-2H3;1H3,(H,3,4). The summed E-state index contributed by atoms with van der Waals surface area (Å²) in [4.78, 5) is 9.00. The van der Waals surface area contributed by atoms with Crippen molar-refractivity contribution in [2.45, 2.75) is 39.6 Å². The molecule has 0 aromatic heterocycles. The molecule has 0 aromatic rings. The average Bonchev–Trinajstić information content (AvgIpc) is 2.22. The zero-order valence-corrected chi connectivity index (χ0v) is 10.0.